The molecule has 0 spiro atoms. The van der Waals surface area contributed by atoms with Gasteiger partial charge in [0.05, 0.1) is 0 Å². The summed E-state index contributed by atoms with van der Waals surface area (Å²) < 4.78 is 0. The molecule has 1 rings (SSSR count). The lowest BCUT2D eigenvalue weighted by Crippen LogP contribution is -2.01. The normalized spacial score (nSPS) is 10.5. The zero-order valence-corrected chi connectivity index (χ0v) is 9.48. The largest absolute Gasteiger partial charge is 0.289 e. The first-order chi connectivity index (χ1) is 6.04. The van der Waals surface area contributed by atoms with Gasteiger partial charge in [-0.3, -0.25) is 4.79 Å². The van der Waals surface area contributed by atoms with Gasteiger partial charge >= 0.3 is 0 Å². The van der Waals surface area contributed by atoms with Crippen LogP contribution in [-0.4, -0.2) is 18.9 Å². The fraction of sp³-hybridized carbons (Fsp3) is 0.364. The van der Waals surface area contributed by atoms with E-state index in [1.807, 2.05) is 45.4 Å². The quantitative estimate of drug-likeness (QED) is 0.661. The molecule has 0 atom stereocenters. The lowest BCUT2D eigenvalue weighted by atomic mass is 10.0. The molecule has 0 aromatic heterocycles. The van der Waals surface area contributed by atoms with Crippen LogP contribution in [0, 0.1) is 13.8 Å². The number of hydrogen-bond acceptors (Lipinski definition) is 1. The molecule has 0 aliphatic rings. The van der Waals surface area contributed by atoms with Gasteiger partial charge in [-0.05, 0) is 46.2 Å². The average molecular weight is 194 g/mol. The predicted octanol–water partition coefficient (Wildman–Crippen LogP) is 3.19. The fourth-order valence-corrected chi connectivity index (χ4v) is 2.18. The maximum atomic E-state index is 11.8. The highest BCUT2D eigenvalue weighted by Gasteiger charge is 2.14. The van der Waals surface area contributed by atoms with E-state index in [-0.39, 0.29) is 0 Å². The maximum absolute atomic E-state index is 11.8. The highest BCUT2D eigenvalue weighted by atomic mass is 31.1. The molecule has 1 aromatic carbocycles. The summed E-state index contributed by atoms with van der Waals surface area (Å²) >= 11 is 0. The monoisotopic (exact) mass is 194 g/mol. The summed E-state index contributed by atoms with van der Waals surface area (Å²) in [6.07, 6.45) is 0. The Morgan fingerprint density at radius 3 is 2.00 bits per heavy atom. The van der Waals surface area contributed by atoms with Crippen molar-refractivity contribution in [2.75, 3.05) is 13.3 Å². The third-order valence-electron chi connectivity index (χ3n) is 2.10. The lowest BCUT2D eigenvalue weighted by molar-refractivity contribution is 0.108. The van der Waals surface area contributed by atoms with Gasteiger partial charge in [-0.15, -0.1) is 0 Å². The Balaban J connectivity index is 3.20. The van der Waals surface area contributed by atoms with Crippen LogP contribution < -0.4 is 0 Å². The molecule has 0 aliphatic heterocycles. The highest BCUT2D eigenvalue weighted by Crippen LogP contribution is 2.32. The summed E-state index contributed by atoms with van der Waals surface area (Å²) in [4.78, 5) is 11.8. The van der Waals surface area contributed by atoms with Gasteiger partial charge in [0.15, 0.2) is 5.52 Å². The zero-order valence-electron chi connectivity index (χ0n) is 8.59. The SMILES string of the molecule is Cc1cccc(C)c1C(=O)P(C)C. The van der Waals surface area contributed by atoms with Gasteiger partial charge in [0, 0.05) is 5.56 Å². The van der Waals surface area contributed by atoms with Gasteiger partial charge in [-0.25, -0.2) is 0 Å². The molecule has 0 saturated carbocycles. The minimum Gasteiger partial charge on any atom is -0.289 e. The molecule has 70 valence electrons. The summed E-state index contributed by atoms with van der Waals surface area (Å²) in [5.74, 6) is 0. The van der Waals surface area contributed by atoms with Crippen LogP contribution in [0.3, 0.4) is 0 Å². The Morgan fingerprint density at radius 2 is 1.62 bits per heavy atom. The van der Waals surface area contributed by atoms with Crippen LogP contribution in [0.2, 0.25) is 0 Å². The molecule has 1 aromatic rings. The minimum absolute atomic E-state index is 0.311. The Kier molecular flexibility index (Phi) is 3.22. The van der Waals surface area contributed by atoms with Gasteiger partial charge in [0.2, 0.25) is 0 Å². The maximum Gasteiger partial charge on any atom is 0.184 e. The van der Waals surface area contributed by atoms with Crippen molar-refractivity contribution in [3.63, 3.8) is 0 Å². The first kappa shape index (κ1) is 10.4. The minimum atomic E-state index is -0.509. The van der Waals surface area contributed by atoms with Gasteiger partial charge in [-0.1, -0.05) is 18.2 Å². The average Bonchev–Trinajstić information content (AvgIpc) is 2.03. The molecule has 0 bridgehead atoms. The van der Waals surface area contributed by atoms with E-state index in [9.17, 15) is 4.79 Å². The summed E-state index contributed by atoms with van der Waals surface area (Å²) in [7, 11) is -0.509. The number of benzene rings is 1. The van der Waals surface area contributed by atoms with Crippen LogP contribution in [0.25, 0.3) is 0 Å². The summed E-state index contributed by atoms with van der Waals surface area (Å²) in [5, 5.41) is 0. The Labute approximate surface area is 80.9 Å². The van der Waals surface area contributed by atoms with Crippen molar-refractivity contribution in [3.8, 4) is 0 Å². The molecule has 0 saturated heterocycles. The van der Waals surface area contributed by atoms with Gasteiger partial charge < -0.3 is 0 Å². The number of carbonyl (C=O) groups excluding carboxylic acids is 1. The molecule has 0 amide bonds. The third-order valence-corrected chi connectivity index (χ3v) is 3.14. The van der Waals surface area contributed by atoms with Crippen molar-refractivity contribution < 1.29 is 4.79 Å². The summed E-state index contributed by atoms with van der Waals surface area (Å²) in [5.41, 5.74) is 3.44. The van der Waals surface area contributed by atoms with Gasteiger partial charge in [0.25, 0.3) is 0 Å². The molecule has 0 fully saturated rings. The van der Waals surface area contributed by atoms with Crippen LogP contribution in [0.5, 0.6) is 0 Å². The molecule has 0 radical (unpaired) electrons. The highest BCUT2D eigenvalue weighted by molar-refractivity contribution is 7.74. The van der Waals surface area contributed by atoms with Crippen molar-refractivity contribution in [3.05, 3.63) is 34.9 Å². The van der Waals surface area contributed by atoms with E-state index in [4.69, 9.17) is 0 Å². The molecular formula is C11H15OP. The number of hydrogen-bond donors (Lipinski definition) is 0. The van der Waals surface area contributed by atoms with E-state index in [1.165, 1.54) is 0 Å². The van der Waals surface area contributed by atoms with Gasteiger partial charge in [0.1, 0.15) is 0 Å². The Bertz CT molecular complexity index is 309. The van der Waals surface area contributed by atoms with Crippen LogP contribution in [0.15, 0.2) is 18.2 Å². The molecule has 2 heteroatoms. The topological polar surface area (TPSA) is 17.1 Å². The molecule has 0 aliphatic carbocycles. The lowest BCUT2D eigenvalue weighted by Gasteiger charge is -2.10. The molecule has 0 unspecified atom stereocenters. The van der Waals surface area contributed by atoms with E-state index in [0.717, 1.165) is 16.7 Å². The number of carbonyl (C=O) groups is 1. The molecular weight excluding hydrogens is 179 g/mol. The molecule has 1 nitrogen and oxygen atoms in total. The van der Waals surface area contributed by atoms with E-state index in [1.54, 1.807) is 0 Å². The second-order valence-electron chi connectivity index (χ2n) is 3.47. The second-order valence-corrected chi connectivity index (χ2v) is 5.66. The molecule has 0 heterocycles. The summed E-state index contributed by atoms with van der Waals surface area (Å²) in [6.45, 7) is 8.01. The Hall–Kier alpha value is -0.680. The summed E-state index contributed by atoms with van der Waals surface area (Å²) in [6, 6.07) is 5.99. The first-order valence-electron chi connectivity index (χ1n) is 4.32. The molecule has 13 heavy (non-hydrogen) atoms. The van der Waals surface area contributed by atoms with Crippen LogP contribution in [0.1, 0.15) is 21.5 Å². The number of rotatable bonds is 2. The van der Waals surface area contributed by atoms with Crippen LogP contribution in [0.4, 0.5) is 0 Å². The van der Waals surface area contributed by atoms with Crippen molar-refractivity contribution in [1.82, 2.24) is 0 Å². The van der Waals surface area contributed by atoms with E-state index >= 15 is 0 Å². The van der Waals surface area contributed by atoms with Crippen molar-refractivity contribution in [1.29, 1.82) is 0 Å². The van der Waals surface area contributed by atoms with Crippen LogP contribution >= 0.6 is 7.92 Å². The van der Waals surface area contributed by atoms with E-state index < -0.39 is 7.92 Å². The Morgan fingerprint density at radius 1 is 1.15 bits per heavy atom. The van der Waals surface area contributed by atoms with Crippen molar-refractivity contribution >= 4 is 13.4 Å². The predicted molar refractivity (Wildman–Crippen MR) is 59.0 cm³/mol. The third kappa shape index (κ3) is 2.16. The van der Waals surface area contributed by atoms with E-state index in [0.29, 0.717) is 5.52 Å². The van der Waals surface area contributed by atoms with Gasteiger partial charge in [-0.2, -0.15) is 0 Å². The van der Waals surface area contributed by atoms with Crippen LogP contribution in [-0.2, 0) is 0 Å². The standard InChI is InChI=1S/C11H15OP/c1-8-6-5-7-9(2)10(8)11(12)13(3)4/h5-7H,1-4H3. The van der Waals surface area contributed by atoms with Crippen molar-refractivity contribution in [2.24, 2.45) is 0 Å². The van der Waals surface area contributed by atoms with Crippen molar-refractivity contribution in [2.45, 2.75) is 13.8 Å². The number of aryl methyl sites for hydroxylation is 2. The van der Waals surface area contributed by atoms with E-state index in [2.05, 4.69) is 0 Å². The molecule has 0 N–H and O–H groups in total. The zero-order chi connectivity index (χ0) is 10.0. The first-order valence-corrected chi connectivity index (χ1v) is 6.55. The fourth-order valence-electron chi connectivity index (χ4n) is 1.38. The second kappa shape index (κ2) is 4.02. The smallest absolute Gasteiger partial charge is 0.184 e.